The molecule has 0 heterocycles. The number of alkyl carbamates (subject to hydrolysis) is 1. The number of carbonyl (C=O) groups is 1. The van der Waals surface area contributed by atoms with Gasteiger partial charge in [-0.2, -0.15) is 0 Å². The Morgan fingerprint density at radius 3 is 2.79 bits per heavy atom. The van der Waals surface area contributed by atoms with Crippen molar-refractivity contribution in [2.24, 2.45) is 5.92 Å². The predicted molar refractivity (Wildman–Crippen MR) is 75.9 cm³/mol. The Hall–Kier alpha value is -1.19. The molecular formula is C15H27NO3. The van der Waals surface area contributed by atoms with Gasteiger partial charge in [0.1, 0.15) is 11.7 Å². The first-order valence-corrected chi connectivity index (χ1v) is 7.15. The Kier molecular flexibility index (Phi) is 6.19. The highest BCUT2D eigenvalue weighted by atomic mass is 16.6. The van der Waals surface area contributed by atoms with Crippen molar-refractivity contribution in [3.05, 3.63) is 12.8 Å². The van der Waals surface area contributed by atoms with Crippen LogP contribution in [0.5, 0.6) is 0 Å². The first-order chi connectivity index (χ1) is 8.92. The third-order valence-electron chi connectivity index (χ3n) is 3.28. The molecule has 1 aliphatic carbocycles. The van der Waals surface area contributed by atoms with E-state index >= 15 is 0 Å². The van der Waals surface area contributed by atoms with Gasteiger partial charge in [0.15, 0.2) is 0 Å². The SMILES string of the molecule is C=CO[C@H]1CCC[C@H]1CCCNC(=O)OC(C)(C)C. The van der Waals surface area contributed by atoms with Crippen LogP contribution < -0.4 is 5.32 Å². The summed E-state index contributed by atoms with van der Waals surface area (Å²) in [5.41, 5.74) is -0.432. The van der Waals surface area contributed by atoms with Gasteiger partial charge < -0.3 is 14.8 Å². The molecule has 1 N–H and O–H groups in total. The number of amides is 1. The van der Waals surface area contributed by atoms with Gasteiger partial charge in [0.05, 0.1) is 6.26 Å². The minimum absolute atomic E-state index is 0.319. The molecule has 1 rings (SSSR count). The quantitative estimate of drug-likeness (QED) is 0.592. The zero-order valence-electron chi connectivity index (χ0n) is 12.4. The predicted octanol–water partition coefficient (Wildman–Crippen LogP) is 3.62. The zero-order valence-corrected chi connectivity index (χ0v) is 12.4. The molecule has 0 radical (unpaired) electrons. The molecule has 0 aliphatic heterocycles. The van der Waals surface area contributed by atoms with Crippen LogP contribution in [0, 0.1) is 5.92 Å². The van der Waals surface area contributed by atoms with Gasteiger partial charge in [-0.15, -0.1) is 0 Å². The summed E-state index contributed by atoms with van der Waals surface area (Å²) in [6, 6.07) is 0. The fourth-order valence-corrected chi connectivity index (χ4v) is 2.50. The fraction of sp³-hybridized carbons (Fsp3) is 0.800. The molecule has 110 valence electrons. The third-order valence-corrected chi connectivity index (χ3v) is 3.28. The van der Waals surface area contributed by atoms with E-state index in [1.807, 2.05) is 20.8 Å². The summed E-state index contributed by atoms with van der Waals surface area (Å²) in [7, 11) is 0. The minimum Gasteiger partial charge on any atom is -0.498 e. The number of rotatable bonds is 6. The molecule has 19 heavy (non-hydrogen) atoms. The summed E-state index contributed by atoms with van der Waals surface area (Å²) in [4.78, 5) is 11.5. The Bertz CT molecular complexity index is 296. The molecule has 0 saturated heterocycles. The van der Waals surface area contributed by atoms with Gasteiger partial charge in [0.2, 0.25) is 0 Å². The number of nitrogens with one attached hydrogen (secondary N) is 1. The zero-order chi connectivity index (χ0) is 14.3. The molecule has 0 aromatic rings. The fourth-order valence-electron chi connectivity index (χ4n) is 2.50. The molecule has 0 bridgehead atoms. The van der Waals surface area contributed by atoms with Crippen LogP contribution in [0.1, 0.15) is 52.9 Å². The van der Waals surface area contributed by atoms with E-state index in [9.17, 15) is 4.79 Å². The smallest absolute Gasteiger partial charge is 0.407 e. The number of hydrogen-bond donors (Lipinski definition) is 1. The summed E-state index contributed by atoms with van der Waals surface area (Å²) >= 11 is 0. The molecule has 0 aromatic carbocycles. The van der Waals surface area contributed by atoms with E-state index in [2.05, 4.69) is 11.9 Å². The van der Waals surface area contributed by atoms with E-state index in [1.54, 1.807) is 6.26 Å². The highest BCUT2D eigenvalue weighted by molar-refractivity contribution is 5.67. The van der Waals surface area contributed by atoms with Gasteiger partial charge >= 0.3 is 6.09 Å². The minimum atomic E-state index is -0.432. The second kappa shape index (κ2) is 7.41. The van der Waals surface area contributed by atoms with Crippen LogP contribution in [-0.4, -0.2) is 24.3 Å². The molecule has 0 spiro atoms. The summed E-state index contributed by atoms with van der Waals surface area (Å²) in [6.45, 7) is 9.87. The molecule has 0 aromatic heterocycles. The van der Waals surface area contributed by atoms with Crippen LogP contribution >= 0.6 is 0 Å². The van der Waals surface area contributed by atoms with Crippen molar-refractivity contribution in [1.82, 2.24) is 5.32 Å². The highest BCUT2D eigenvalue weighted by Crippen LogP contribution is 2.31. The Morgan fingerprint density at radius 2 is 2.16 bits per heavy atom. The van der Waals surface area contributed by atoms with Crippen LogP contribution in [0.2, 0.25) is 0 Å². The van der Waals surface area contributed by atoms with Crippen molar-refractivity contribution in [3.8, 4) is 0 Å². The second-order valence-corrected chi connectivity index (χ2v) is 6.10. The lowest BCUT2D eigenvalue weighted by Gasteiger charge is -2.21. The normalized spacial score (nSPS) is 22.9. The molecule has 1 saturated carbocycles. The first-order valence-electron chi connectivity index (χ1n) is 7.15. The van der Waals surface area contributed by atoms with E-state index in [0.717, 1.165) is 19.3 Å². The molecule has 1 amide bonds. The summed E-state index contributed by atoms with van der Waals surface area (Å²) < 4.78 is 10.7. The monoisotopic (exact) mass is 269 g/mol. The largest absolute Gasteiger partial charge is 0.498 e. The number of ether oxygens (including phenoxy) is 2. The lowest BCUT2D eigenvalue weighted by atomic mass is 9.99. The standard InChI is InChI=1S/C15H27NO3/c1-5-18-13-10-6-8-12(13)9-7-11-16-14(17)19-15(2,3)4/h5,12-13H,1,6-11H2,2-4H3,(H,16,17)/t12-,13-/m0/s1. The molecule has 4 heteroatoms. The van der Waals surface area contributed by atoms with Crippen LogP contribution in [-0.2, 0) is 9.47 Å². The van der Waals surface area contributed by atoms with E-state index < -0.39 is 5.60 Å². The van der Waals surface area contributed by atoms with Crippen LogP contribution in [0.3, 0.4) is 0 Å². The maximum absolute atomic E-state index is 11.5. The average molecular weight is 269 g/mol. The van der Waals surface area contributed by atoms with Crippen molar-refractivity contribution >= 4 is 6.09 Å². The van der Waals surface area contributed by atoms with Gasteiger partial charge in [0, 0.05) is 6.54 Å². The van der Waals surface area contributed by atoms with Crippen molar-refractivity contribution in [2.45, 2.75) is 64.6 Å². The van der Waals surface area contributed by atoms with Crippen LogP contribution in [0.15, 0.2) is 12.8 Å². The van der Waals surface area contributed by atoms with E-state index in [4.69, 9.17) is 9.47 Å². The Morgan fingerprint density at radius 1 is 1.42 bits per heavy atom. The lowest BCUT2D eigenvalue weighted by molar-refractivity contribution is 0.0524. The average Bonchev–Trinajstić information content (AvgIpc) is 2.70. The molecular weight excluding hydrogens is 242 g/mol. The molecule has 2 atom stereocenters. The van der Waals surface area contributed by atoms with Crippen molar-refractivity contribution in [2.75, 3.05) is 6.54 Å². The maximum Gasteiger partial charge on any atom is 0.407 e. The molecule has 1 fully saturated rings. The van der Waals surface area contributed by atoms with Gasteiger partial charge in [-0.05, 0) is 58.8 Å². The number of carbonyl (C=O) groups excluding carboxylic acids is 1. The van der Waals surface area contributed by atoms with Crippen molar-refractivity contribution < 1.29 is 14.3 Å². The molecule has 0 unspecified atom stereocenters. The second-order valence-electron chi connectivity index (χ2n) is 6.10. The first kappa shape index (κ1) is 15.9. The van der Waals surface area contributed by atoms with Gasteiger partial charge in [-0.3, -0.25) is 0 Å². The summed E-state index contributed by atoms with van der Waals surface area (Å²) in [5, 5.41) is 2.79. The maximum atomic E-state index is 11.5. The lowest BCUT2D eigenvalue weighted by Crippen LogP contribution is -2.33. The Balaban J connectivity index is 2.13. The summed E-state index contributed by atoms with van der Waals surface area (Å²) in [6.07, 6.45) is 7.12. The Labute approximate surface area is 116 Å². The van der Waals surface area contributed by atoms with Crippen molar-refractivity contribution in [1.29, 1.82) is 0 Å². The van der Waals surface area contributed by atoms with Gasteiger partial charge in [0.25, 0.3) is 0 Å². The summed E-state index contributed by atoms with van der Waals surface area (Å²) in [5.74, 6) is 0.596. The molecule has 1 aliphatic rings. The van der Waals surface area contributed by atoms with Gasteiger partial charge in [-0.1, -0.05) is 6.58 Å². The van der Waals surface area contributed by atoms with E-state index in [0.29, 0.717) is 18.6 Å². The van der Waals surface area contributed by atoms with E-state index in [-0.39, 0.29) is 6.09 Å². The van der Waals surface area contributed by atoms with Gasteiger partial charge in [-0.25, -0.2) is 4.79 Å². The topological polar surface area (TPSA) is 47.6 Å². The van der Waals surface area contributed by atoms with Crippen LogP contribution in [0.25, 0.3) is 0 Å². The van der Waals surface area contributed by atoms with Crippen molar-refractivity contribution in [3.63, 3.8) is 0 Å². The molecule has 4 nitrogen and oxygen atoms in total. The number of hydrogen-bond acceptors (Lipinski definition) is 3. The van der Waals surface area contributed by atoms with E-state index in [1.165, 1.54) is 12.8 Å². The highest BCUT2D eigenvalue weighted by Gasteiger charge is 2.27. The van der Waals surface area contributed by atoms with Crippen LogP contribution in [0.4, 0.5) is 4.79 Å². The third kappa shape index (κ3) is 6.50.